The first-order valence-corrected chi connectivity index (χ1v) is 6.71. The molecular formula is C13H23N. The van der Waals surface area contributed by atoms with E-state index in [0.29, 0.717) is 0 Å². The van der Waals surface area contributed by atoms with Gasteiger partial charge in [-0.3, -0.25) is 0 Å². The van der Waals surface area contributed by atoms with Crippen LogP contribution < -0.4 is 5.32 Å². The summed E-state index contributed by atoms with van der Waals surface area (Å²) in [4.78, 5) is 0. The molecule has 80 valence electrons. The van der Waals surface area contributed by atoms with E-state index in [4.69, 9.17) is 0 Å². The molecule has 0 radical (unpaired) electrons. The molecule has 0 aromatic rings. The molecule has 3 aliphatic rings. The third-order valence-corrected chi connectivity index (χ3v) is 4.69. The van der Waals surface area contributed by atoms with Gasteiger partial charge in [0, 0.05) is 12.1 Å². The SMILES string of the molecule is C1CCC(NC2C3CCCCC32)CC1. The van der Waals surface area contributed by atoms with Crippen LogP contribution in [0.4, 0.5) is 0 Å². The highest BCUT2D eigenvalue weighted by molar-refractivity contribution is 5.05. The van der Waals surface area contributed by atoms with Crippen LogP contribution in [0.15, 0.2) is 0 Å². The predicted octanol–water partition coefficient (Wildman–Crippen LogP) is 3.10. The van der Waals surface area contributed by atoms with E-state index in [1.807, 2.05) is 0 Å². The van der Waals surface area contributed by atoms with Crippen molar-refractivity contribution in [2.75, 3.05) is 0 Å². The summed E-state index contributed by atoms with van der Waals surface area (Å²) in [7, 11) is 0. The molecule has 1 heteroatoms. The Hall–Kier alpha value is -0.0400. The minimum absolute atomic E-state index is 0.888. The molecule has 2 unspecified atom stereocenters. The van der Waals surface area contributed by atoms with Crippen LogP contribution in [0, 0.1) is 11.8 Å². The molecule has 3 fully saturated rings. The first-order valence-electron chi connectivity index (χ1n) is 6.71. The minimum Gasteiger partial charge on any atom is -0.311 e. The maximum atomic E-state index is 3.93. The molecule has 0 amide bonds. The Balaban J connectivity index is 1.48. The van der Waals surface area contributed by atoms with E-state index < -0.39 is 0 Å². The Kier molecular flexibility index (Phi) is 2.53. The van der Waals surface area contributed by atoms with E-state index in [9.17, 15) is 0 Å². The van der Waals surface area contributed by atoms with Crippen molar-refractivity contribution in [2.45, 2.75) is 69.9 Å². The van der Waals surface area contributed by atoms with Crippen LogP contribution in [0.1, 0.15) is 57.8 Å². The van der Waals surface area contributed by atoms with E-state index in [2.05, 4.69) is 5.32 Å². The first kappa shape index (κ1) is 9.21. The summed E-state index contributed by atoms with van der Waals surface area (Å²) in [6, 6.07) is 1.83. The fourth-order valence-electron chi connectivity index (χ4n) is 3.78. The van der Waals surface area contributed by atoms with Gasteiger partial charge in [0.1, 0.15) is 0 Å². The lowest BCUT2D eigenvalue weighted by Crippen LogP contribution is -2.34. The van der Waals surface area contributed by atoms with Crippen molar-refractivity contribution in [2.24, 2.45) is 11.8 Å². The predicted molar refractivity (Wildman–Crippen MR) is 59.2 cm³/mol. The quantitative estimate of drug-likeness (QED) is 0.710. The maximum absolute atomic E-state index is 3.93. The van der Waals surface area contributed by atoms with Crippen molar-refractivity contribution in [1.29, 1.82) is 0 Å². The molecule has 2 atom stereocenters. The highest BCUT2D eigenvalue weighted by atomic mass is 15.0. The van der Waals surface area contributed by atoms with Gasteiger partial charge in [0.05, 0.1) is 0 Å². The monoisotopic (exact) mass is 193 g/mol. The van der Waals surface area contributed by atoms with Gasteiger partial charge in [0.25, 0.3) is 0 Å². The van der Waals surface area contributed by atoms with Crippen LogP contribution in [0.25, 0.3) is 0 Å². The van der Waals surface area contributed by atoms with Crippen LogP contribution in [-0.4, -0.2) is 12.1 Å². The Morgan fingerprint density at radius 2 is 1.21 bits per heavy atom. The van der Waals surface area contributed by atoms with Crippen LogP contribution in [0.5, 0.6) is 0 Å². The zero-order valence-electron chi connectivity index (χ0n) is 9.17. The van der Waals surface area contributed by atoms with Gasteiger partial charge >= 0.3 is 0 Å². The summed E-state index contributed by atoms with van der Waals surface area (Å²) in [6.07, 6.45) is 13.4. The highest BCUT2D eigenvalue weighted by Crippen LogP contribution is 2.50. The summed E-state index contributed by atoms with van der Waals surface area (Å²) in [5.74, 6) is 2.18. The van der Waals surface area contributed by atoms with Gasteiger partial charge in [-0.15, -0.1) is 0 Å². The molecule has 0 saturated heterocycles. The Bertz CT molecular complexity index is 183. The van der Waals surface area contributed by atoms with Gasteiger partial charge in [-0.1, -0.05) is 32.1 Å². The van der Waals surface area contributed by atoms with Crippen molar-refractivity contribution >= 4 is 0 Å². The van der Waals surface area contributed by atoms with Gasteiger partial charge in [0.2, 0.25) is 0 Å². The molecule has 0 aliphatic heterocycles. The van der Waals surface area contributed by atoms with Crippen LogP contribution >= 0.6 is 0 Å². The Morgan fingerprint density at radius 3 is 1.86 bits per heavy atom. The highest BCUT2D eigenvalue weighted by Gasteiger charge is 2.50. The van der Waals surface area contributed by atoms with Crippen LogP contribution in [0.2, 0.25) is 0 Å². The standard InChI is InChI=1S/C13H23N/c1-2-6-10(7-3-1)14-13-11-8-4-5-9-12(11)13/h10-14H,1-9H2. The summed E-state index contributed by atoms with van der Waals surface area (Å²) in [5, 5.41) is 3.93. The lowest BCUT2D eigenvalue weighted by Gasteiger charge is -2.23. The molecule has 3 saturated carbocycles. The molecule has 0 spiro atoms. The largest absolute Gasteiger partial charge is 0.311 e. The summed E-state index contributed by atoms with van der Waals surface area (Å²) < 4.78 is 0. The third kappa shape index (κ3) is 1.71. The van der Waals surface area contributed by atoms with E-state index in [1.54, 1.807) is 0 Å². The van der Waals surface area contributed by atoms with E-state index in [0.717, 1.165) is 23.9 Å². The van der Waals surface area contributed by atoms with Crippen molar-refractivity contribution in [3.8, 4) is 0 Å². The molecule has 1 nitrogen and oxygen atoms in total. The van der Waals surface area contributed by atoms with Crippen molar-refractivity contribution in [1.82, 2.24) is 5.32 Å². The van der Waals surface area contributed by atoms with E-state index in [-0.39, 0.29) is 0 Å². The summed E-state index contributed by atoms with van der Waals surface area (Å²) in [5.41, 5.74) is 0. The van der Waals surface area contributed by atoms with Gasteiger partial charge in [-0.2, -0.15) is 0 Å². The van der Waals surface area contributed by atoms with Gasteiger partial charge < -0.3 is 5.32 Å². The molecule has 0 aromatic heterocycles. The molecular weight excluding hydrogens is 170 g/mol. The smallest absolute Gasteiger partial charge is 0.0133 e. The summed E-state index contributed by atoms with van der Waals surface area (Å²) >= 11 is 0. The fraction of sp³-hybridized carbons (Fsp3) is 1.00. The number of fused-ring (bicyclic) bond motifs is 1. The molecule has 0 aromatic carbocycles. The Morgan fingerprint density at radius 1 is 0.643 bits per heavy atom. The average molecular weight is 193 g/mol. The zero-order valence-corrected chi connectivity index (χ0v) is 9.17. The number of hydrogen-bond acceptors (Lipinski definition) is 1. The molecule has 3 aliphatic carbocycles. The minimum atomic E-state index is 0.888. The lowest BCUT2D eigenvalue weighted by atomic mass is 9.95. The second kappa shape index (κ2) is 3.84. The van der Waals surface area contributed by atoms with Gasteiger partial charge in [-0.05, 0) is 37.5 Å². The summed E-state index contributed by atoms with van der Waals surface area (Å²) in [6.45, 7) is 0. The normalized spacial score (nSPS) is 43.3. The topological polar surface area (TPSA) is 12.0 Å². The first-order chi connectivity index (χ1) is 6.95. The van der Waals surface area contributed by atoms with Crippen molar-refractivity contribution < 1.29 is 0 Å². The molecule has 0 bridgehead atoms. The van der Waals surface area contributed by atoms with E-state index in [1.165, 1.54) is 57.8 Å². The van der Waals surface area contributed by atoms with Crippen molar-refractivity contribution in [3.63, 3.8) is 0 Å². The molecule has 0 heterocycles. The van der Waals surface area contributed by atoms with Crippen molar-refractivity contribution in [3.05, 3.63) is 0 Å². The third-order valence-electron chi connectivity index (χ3n) is 4.69. The van der Waals surface area contributed by atoms with Gasteiger partial charge in [0.15, 0.2) is 0 Å². The lowest BCUT2D eigenvalue weighted by molar-refractivity contribution is 0.362. The second-order valence-electron chi connectivity index (χ2n) is 5.64. The molecule has 1 N–H and O–H groups in total. The van der Waals surface area contributed by atoms with Crippen LogP contribution in [-0.2, 0) is 0 Å². The Labute approximate surface area is 87.7 Å². The number of rotatable bonds is 2. The van der Waals surface area contributed by atoms with Crippen LogP contribution in [0.3, 0.4) is 0 Å². The molecule has 14 heavy (non-hydrogen) atoms. The molecule has 3 rings (SSSR count). The second-order valence-corrected chi connectivity index (χ2v) is 5.64. The number of nitrogens with one attached hydrogen (secondary N) is 1. The maximum Gasteiger partial charge on any atom is 0.0133 e. The van der Waals surface area contributed by atoms with E-state index >= 15 is 0 Å². The average Bonchev–Trinajstić information content (AvgIpc) is 2.94. The zero-order chi connectivity index (χ0) is 9.38. The van der Waals surface area contributed by atoms with Gasteiger partial charge in [-0.25, -0.2) is 0 Å². The fourth-order valence-corrected chi connectivity index (χ4v) is 3.78. The number of hydrogen-bond donors (Lipinski definition) is 1.